The minimum absolute atomic E-state index is 0.632. The quantitative estimate of drug-likeness (QED) is 0.894. The fraction of sp³-hybridized carbons (Fsp3) is 0.667. The molecule has 0 saturated carbocycles. The molecular formula is C15H22N4. The summed E-state index contributed by atoms with van der Waals surface area (Å²) in [5.74, 6) is 0. The molecule has 3 rings (SSSR count). The largest absolute Gasteiger partial charge is 0.340 e. The van der Waals surface area contributed by atoms with E-state index >= 15 is 0 Å². The van der Waals surface area contributed by atoms with Crippen LogP contribution in [0.3, 0.4) is 0 Å². The van der Waals surface area contributed by atoms with Gasteiger partial charge in [-0.1, -0.05) is 0 Å². The Morgan fingerprint density at radius 2 is 2.26 bits per heavy atom. The van der Waals surface area contributed by atoms with Gasteiger partial charge in [0.15, 0.2) is 0 Å². The predicted octanol–water partition coefficient (Wildman–Crippen LogP) is 1.53. The molecule has 0 bridgehead atoms. The molecule has 2 fully saturated rings. The summed E-state index contributed by atoms with van der Waals surface area (Å²) in [6, 6.07) is 5.65. The third kappa shape index (κ3) is 2.18. The second-order valence-corrected chi connectivity index (χ2v) is 5.83. The highest BCUT2D eigenvalue weighted by Crippen LogP contribution is 2.28. The number of hydrogen-bond donors (Lipinski definition) is 1. The monoisotopic (exact) mass is 258 g/mol. The SMILES string of the molecule is Cc1c(CNC2CCN3CCCC23)cc(C#N)n1C. The smallest absolute Gasteiger partial charge is 0.120 e. The van der Waals surface area contributed by atoms with Crippen molar-refractivity contribution in [1.82, 2.24) is 14.8 Å². The molecule has 0 amide bonds. The summed E-state index contributed by atoms with van der Waals surface area (Å²) in [4.78, 5) is 2.62. The molecule has 1 aromatic heterocycles. The van der Waals surface area contributed by atoms with Crippen LogP contribution in [-0.4, -0.2) is 34.6 Å². The highest BCUT2D eigenvalue weighted by molar-refractivity contribution is 5.34. The second kappa shape index (κ2) is 4.99. The Morgan fingerprint density at radius 3 is 3.00 bits per heavy atom. The molecule has 2 atom stereocenters. The molecule has 0 spiro atoms. The van der Waals surface area contributed by atoms with Gasteiger partial charge in [-0.2, -0.15) is 5.26 Å². The van der Waals surface area contributed by atoms with E-state index in [9.17, 15) is 0 Å². The minimum Gasteiger partial charge on any atom is -0.340 e. The molecule has 19 heavy (non-hydrogen) atoms. The van der Waals surface area contributed by atoms with Crippen molar-refractivity contribution in [2.45, 2.75) is 44.8 Å². The summed E-state index contributed by atoms with van der Waals surface area (Å²) in [6.07, 6.45) is 3.96. The third-order valence-electron chi connectivity index (χ3n) is 4.92. The predicted molar refractivity (Wildman–Crippen MR) is 74.7 cm³/mol. The molecule has 4 nitrogen and oxygen atoms in total. The lowest BCUT2D eigenvalue weighted by atomic mass is 10.1. The van der Waals surface area contributed by atoms with Gasteiger partial charge in [0.25, 0.3) is 0 Å². The van der Waals surface area contributed by atoms with Crippen LogP contribution in [0.2, 0.25) is 0 Å². The van der Waals surface area contributed by atoms with Crippen LogP contribution in [0.15, 0.2) is 6.07 Å². The Morgan fingerprint density at radius 1 is 1.42 bits per heavy atom. The topological polar surface area (TPSA) is 44.0 Å². The highest BCUT2D eigenvalue weighted by atomic mass is 15.2. The molecule has 2 unspecified atom stereocenters. The van der Waals surface area contributed by atoms with Gasteiger partial charge in [-0.3, -0.25) is 4.90 Å². The van der Waals surface area contributed by atoms with Gasteiger partial charge in [0.05, 0.1) is 0 Å². The van der Waals surface area contributed by atoms with E-state index in [4.69, 9.17) is 5.26 Å². The number of hydrogen-bond acceptors (Lipinski definition) is 3. The molecule has 2 aliphatic heterocycles. The van der Waals surface area contributed by atoms with Crippen LogP contribution in [0.25, 0.3) is 0 Å². The Bertz CT molecular complexity index is 511. The van der Waals surface area contributed by atoms with Crippen LogP contribution in [0, 0.1) is 18.3 Å². The van der Waals surface area contributed by atoms with Gasteiger partial charge in [-0.05, 0) is 44.4 Å². The zero-order valence-corrected chi connectivity index (χ0v) is 11.8. The molecule has 0 aromatic carbocycles. The van der Waals surface area contributed by atoms with Crippen molar-refractivity contribution in [3.05, 3.63) is 23.0 Å². The minimum atomic E-state index is 0.632. The average Bonchev–Trinajstić information content (AvgIpc) is 3.06. The van der Waals surface area contributed by atoms with Crippen LogP contribution in [0.1, 0.15) is 36.2 Å². The van der Waals surface area contributed by atoms with Gasteiger partial charge in [-0.15, -0.1) is 0 Å². The summed E-state index contributed by atoms with van der Waals surface area (Å²) in [7, 11) is 1.96. The molecular weight excluding hydrogens is 236 g/mol. The van der Waals surface area contributed by atoms with Crippen molar-refractivity contribution in [3.63, 3.8) is 0 Å². The first-order chi connectivity index (χ1) is 9.20. The Kier molecular flexibility index (Phi) is 3.34. The number of nitrogens with zero attached hydrogens (tertiary/aromatic N) is 3. The van der Waals surface area contributed by atoms with Crippen molar-refractivity contribution in [2.75, 3.05) is 13.1 Å². The van der Waals surface area contributed by atoms with Crippen molar-refractivity contribution in [3.8, 4) is 6.07 Å². The maximum absolute atomic E-state index is 9.06. The normalized spacial score (nSPS) is 26.6. The van der Waals surface area contributed by atoms with Gasteiger partial charge < -0.3 is 9.88 Å². The van der Waals surface area contributed by atoms with Crippen molar-refractivity contribution in [1.29, 1.82) is 5.26 Å². The maximum atomic E-state index is 9.06. The zero-order valence-electron chi connectivity index (χ0n) is 11.8. The van der Waals surface area contributed by atoms with E-state index in [0.29, 0.717) is 6.04 Å². The molecule has 4 heteroatoms. The first kappa shape index (κ1) is 12.7. The average molecular weight is 258 g/mol. The Labute approximate surface area is 115 Å². The molecule has 2 saturated heterocycles. The third-order valence-corrected chi connectivity index (χ3v) is 4.92. The Hall–Kier alpha value is -1.31. The maximum Gasteiger partial charge on any atom is 0.120 e. The van der Waals surface area contributed by atoms with Gasteiger partial charge in [0, 0.05) is 37.9 Å². The van der Waals surface area contributed by atoms with E-state index in [1.54, 1.807) is 0 Å². The standard InChI is InChI=1S/C15H22N4/c1-11-12(8-13(9-16)18(11)2)10-17-14-5-7-19-6-3-4-15(14)19/h8,14-15,17H,3-7,10H2,1-2H3. The second-order valence-electron chi connectivity index (χ2n) is 5.83. The van der Waals surface area contributed by atoms with Crippen LogP contribution in [-0.2, 0) is 13.6 Å². The van der Waals surface area contributed by atoms with Crippen LogP contribution in [0.4, 0.5) is 0 Å². The van der Waals surface area contributed by atoms with Crippen LogP contribution >= 0.6 is 0 Å². The molecule has 3 heterocycles. The van der Waals surface area contributed by atoms with E-state index in [-0.39, 0.29) is 0 Å². The molecule has 1 N–H and O–H groups in total. The van der Waals surface area contributed by atoms with Gasteiger partial charge >= 0.3 is 0 Å². The molecule has 0 radical (unpaired) electrons. The van der Waals surface area contributed by atoms with Crippen molar-refractivity contribution in [2.24, 2.45) is 7.05 Å². The first-order valence-electron chi connectivity index (χ1n) is 7.23. The van der Waals surface area contributed by atoms with E-state index in [0.717, 1.165) is 18.3 Å². The van der Waals surface area contributed by atoms with E-state index in [1.807, 2.05) is 17.7 Å². The molecule has 2 aliphatic rings. The Balaban J connectivity index is 1.65. The van der Waals surface area contributed by atoms with Gasteiger partial charge in [0.1, 0.15) is 11.8 Å². The number of fused-ring (bicyclic) bond motifs is 1. The summed E-state index contributed by atoms with van der Waals surface area (Å²) >= 11 is 0. The van der Waals surface area contributed by atoms with Crippen molar-refractivity contribution >= 4 is 0 Å². The van der Waals surface area contributed by atoms with E-state index < -0.39 is 0 Å². The van der Waals surface area contributed by atoms with E-state index in [2.05, 4.69) is 23.2 Å². The molecule has 1 aromatic rings. The first-order valence-corrected chi connectivity index (χ1v) is 7.23. The lowest BCUT2D eigenvalue weighted by Crippen LogP contribution is -2.38. The number of nitrogens with one attached hydrogen (secondary N) is 1. The fourth-order valence-electron chi connectivity index (χ4n) is 3.61. The molecule has 102 valence electrons. The highest BCUT2D eigenvalue weighted by Gasteiger charge is 2.36. The van der Waals surface area contributed by atoms with Gasteiger partial charge in [-0.25, -0.2) is 0 Å². The summed E-state index contributed by atoms with van der Waals surface area (Å²) in [6.45, 7) is 5.51. The fourth-order valence-corrected chi connectivity index (χ4v) is 3.61. The summed E-state index contributed by atoms with van der Waals surface area (Å²) in [5.41, 5.74) is 3.21. The summed E-state index contributed by atoms with van der Waals surface area (Å²) in [5, 5.41) is 12.8. The molecule has 0 aliphatic carbocycles. The number of rotatable bonds is 3. The van der Waals surface area contributed by atoms with E-state index in [1.165, 1.54) is 43.6 Å². The van der Waals surface area contributed by atoms with Crippen molar-refractivity contribution < 1.29 is 0 Å². The zero-order chi connectivity index (χ0) is 13.4. The summed E-state index contributed by atoms with van der Waals surface area (Å²) < 4.78 is 1.98. The lowest BCUT2D eigenvalue weighted by Gasteiger charge is -2.21. The lowest BCUT2D eigenvalue weighted by molar-refractivity contribution is 0.298. The van der Waals surface area contributed by atoms with Crippen LogP contribution < -0.4 is 5.32 Å². The van der Waals surface area contributed by atoms with Gasteiger partial charge in [0.2, 0.25) is 0 Å². The number of aromatic nitrogens is 1. The van der Waals surface area contributed by atoms with Crippen LogP contribution in [0.5, 0.6) is 0 Å². The number of nitriles is 1.